The number of amides is 1. The SMILES string of the molecule is CCN(Cc1ccccc1CN)C(C)C(=O)NC(C)(C)C. The maximum atomic E-state index is 12.3. The molecule has 0 aliphatic rings. The van der Waals surface area contributed by atoms with Crippen molar-refractivity contribution in [1.82, 2.24) is 10.2 Å². The predicted molar refractivity (Wildman–Crippen MR) is 87.8 cm³/mol. The van der Waals surface area contributed by atoms with Crippen LogP contribution in [0.5, 0.6) is 0 Å². The van der Waals surface area contributed by atoms with Gasteiger partial charge in [0.1, 0.15) is 0 Å². The average Bonchev–Trinajstić information content (AvgIpc) is 2.42. The van der Waals surface area contributed by atoms with E-state index in [1.54, 1.807) is 0 Å². The van der Waals surface area contributed by atoms with Gasteiger partial charge in [0.15, 0.2) is 0 Å². The molecule has 3 N–H and O–H groups in total. The summed E-state index contributed by atoms with van der Waals surface area (Å²) in [4.78, 5) is 14.5. The second-order valence-electron chi connectivity index (χ2n) is 6.45. The van der Waals surface area contributed by atoms with Crippen LogP contribution in [0.4, 0.5) is 0 Å². The summed E-state index contributed by atoms with van der Waals surface area (Å²) in [5.41, 5.74) is 7.91. The summed E-state index contributed by atoms with van der Waals surface area (Å²) in [6.45, 7) is 12.1. The van der Waals surface area contributed by atoms with Crippen LogP contribution < -0.4 is 11.1 Å². The molecule has 0 bridgehead atoms. The molecule has 1 rings (SSSR count). The van der Waals surface area contributed by atoms with Gasteiger partial charge in [-0.25, -0.2) is 0 Å². The minimum atomic E-state index is -0.208. The van der Waals surface area contributed by atoms with E-state index in [-0.39, 0.29) is 17.5 Å². The third kappa shape index (κ3) is 5.48. The molecule has 0 heterocycles. The van der Waals surface area contributed by atoms with E-state index >= 15 is 0 Å². The molecule has 0 aliphatic carbocycles. The second kappa shape index (κ2) is 7.57. The number of nitrogens with two attached hydrogens (primary N) is 1. The van der Waals surface area contributed by atoms with Gasteiger partial charge in [0, 0.05) is 18.6 Å². The van der Waals surface area contributed by atoms with Crippen molar-refractivity contribution in [2.24, 2.45) is 5.73 Å². The Bertz CT molecular complexity index is 465. The van der Waals surface area contributed by atoms with Gasteiger partial charge in [-0.2, -0.15) is 0 Å². The van der Waals surface area contributed by atoms with E-state index in [0.29, 0.717) is 6.54 Å². The van der Waals surface area contributed by atoms with E-state index < -0.39 is 0 Å². The highest BCUT2D eigenvalue weighted by Gasteiger charge is 2.24. The molecule has 0 radical (unpaired) electrons. The minimum absolute atomic E-state index is 0.0644. The van der Waals surface area contributed by atoms with Gasteiger partial charge in [0.2, 0.25) is 5.91 Å². The maximum absolute atomic E-state index is 12.3. The molecule has 0 saturated carbocycles. The molecule has 0 fully saturated rings. The van der Waals surface area contributed by atoms with E-state index in [9.17, 15) is 4.79 Å². The van der Waals surface area contributed by atoms with Crippen molar-refractivity contribution >= 4 is 5.91 Å². The number of hydrogen-bond donors (Lipinski definition) is 2. The Kier molecular flexibility index (Phi) is 6.37. The fraction of sp³-hybridized carbons (Fsp3) is 0.588. The topological polar surface area (TPSA) is 58.4 Å². The van der Waals surface area contributed by atoms with Crippen LogP contribution in [0.1, 0.15) is 45.7 Å². The zero-order chi connectivity index (χ0) is 16.0. The third-order valence-corrected chi connectivity index (χ3v) is 3.54. The average molecular weight is 291 g/mol. The Morgan fingerprint density at radius 2 is 1.86 bits per heavy atom. The van der Waals surface area contributed by atoms with E-state index in [1.807, 2.05) is 45.9 Å². The quantitative estimate of drug-likeness (QED) is 0.845. The predicted octanol–water partition coefficient (Wildman–Crippen LogP) is 2.27. The van der Waals surface area contributed by atoms with Gasteiger partial charge in [0.05, 0.1) is 6.04 Å². The molecule has 4 nitrogen and oxygen atoms in total. The number of rotatable bonds is 6. The van der Waals surface area contributed by atoms with Crippen molar-refractivity contribution in [3.63, 3.8) is 0 Å². The molecular formula is C17H29N3O. The number of nitrogens with zero attached hydrogens (tertiary/aromatic N) is 1. The number of hydrogen-bond acceptors (Lipinski definition) is 3. The summed E-state index contributed by atoms with van der Waals surface area (Å²) in [6, 6.07) is 7.97. The smallest absolute Gasteiger partial charge is 0.237 e. The fourth-order valence-electron chi connectivity index (χ4n) is 2.29. The lowest BCUT2D eigenvalue weighted by Gasteiger charge is -2.30. The van der Waals surface area contributed by atoms with Gasteiger partial charge in [-0.1, -0.05) is 31.2 Å². The van der Waals surface area contributed by atoms with Crippen LogP contribution >= 0.6 is 0 Å². The van der Waals surface area contributed by atoms with Crippen LogP contribution in [0.2, 0.25) is 0 Å². The van der Waals surface area contributed by atoms with Crippen molar-refractivity contribution in [1.29, 1.82) is 0 Å². The second-order valence-corrected chi connectivity index (χ2v) is 6.45. The summed E-state index contributed by atoms with van der Waals surface area (Å²) in [7, 11) is 0. The van der Waals surface area contributed by atoms with Gasteiger partial charge >= 0.3 is 0 Å². The molecule has 21 heavy (non-hydrogen) atoms. The summed E-state index contributed by atoms with van der Waals surface area (Å²) >= 11 is 0. The zero-order valence-corrected chi connectivity index (χ0v) is 13.9. The molecule has 1 aromatic carbocycles. The number of benzene rings is 1. The van der Waals surface area contributed by atoms with Crippen LogP contribution in [0.25, 0.3) is 0 Å². The highest BCUT2D eigenvalue weighted by molar-refractivity contribution is 5.81. The number of nitrogens with one attached hydrogen (secondary N) is 1. The van der Waals surface area contributed by atoms with Crippen LogP contribution in [0, 0.1) is 0 Å². The number of carbonyl (C=O) groups excluding carboxylic acids is 1. The van der Waals surface area contributed by atoms with E-state index in [0.717, 1.165) is 18.7 Å². The highest BCUT2D eigenvalue weighted by atomic mass is 16.2. The normalized spacial score (nSPS) is 13.3. The Labute approximate surface area is 128 Å². The third-order valence-electron chi connectivity index (χ3n) is 3.54. The van der Waals surface area contributed by atoms with Gasteiger partial charge in [0.25, 0.3) is 0 Å². The van der Waals surface area contributed by atoms with Crippen molar-refractivity contribution in [3.05, 3.63) is 35.4 Å². The first kappa shape index (κ1) is 17.7. The molecule has 0 aliphatic heterocycles. The van der Waals surface area contributed by atoms with E-state index in [2.05, 4.69) is 23.2 Å². The standard InChI is InChI=1S/C17H29N3O/c1-6-20(13(2)16(21)19-17(3,4)5)12-15-10-8-7-9-14(15)11-18/h7-10,13H,6,11-12,18H2,1-5H3,(H,19,21). The molecule has 0 spiro atoms. The van der Waals surface area contributed by atoms with Gasteiger partial charge in [-0.3, -0.25) is 9.69 Å². The summed E-state index contributed by atoms with van der Waals surface area (Å²) in [5.74, 6) is 0.0644. The molecule has 1 aromatic rings. The van der Waals surface area contributed by atoms with Crippen LogP contribution in [0.3, 0.4) is 0 Å². The van der Waals surface area contributed by atoms with Crippen molar-refractivity contribution < 1.29 is 4.79 Å². The van der Waals surface area contributed by atoms with Gasteiger partial charge < -0.3 is 11.1 Å². The molecule has 1 atom stereocenters. The number of likely N-dealkylation sites (N-methyl/N-ethyl adjacent to an activating group) is 1. The Balaban J connectivity index is 2.80. The molecule has 4 heteroatoms. The monoisotopic (exact) mass is 291 g/mol. The van der Waals surface area contributed by atoms with Crippen molar-refractivity contribution in [2.75, 3.05) is 6.54 Å². The van der Waals surface area contributed by atoms with Crippen LogP contribution in [-0.4, -0.2) is 28.9 Å². The minimum Gasteiger partial charge on any atom is -0.350 e. The largest absolute Gasteiger partial charge is 0.350 e. The van der Waals surface area contributed by atoms with E-state index in [1.165, 1.54) is 5.56 Å². The first-order valence-electron chi connectivity index (χ1n) is 7.61. The summed E-state index contributed by atoms with van der Waals surface area (Å²) in [5, 5.41) is 3.04. The fourth-order valence-corrected chi connectivity index (χ4v) is 2.29. The van der Waals surface area contributed by atoms with Gasteiger partial charge in [-0.05, 0) is 45.4 Å². The number of carbonyl (C=O) groups is 1. The van der Waals surface area contributed by atoms with Crippen molar-refractivity contribution in [3.8, 4) is 0 Å². The molecule has 1 amide bonds. The molecule has 0 saturated heterocycles. The molecular weight excluding hydrogens is 262 g/mol. The van der Waals surface area contributed by atoms with Gasteiger partial charge in [-0.15, -0.1) is 0 Å². The lowest BCUT2D eigenvalue weighted by atomic mass is 10.1. The molecule has 118 valence electrons. The Morgan fingerprint density at radius 3 is 2.33 bits per heavy atom. The highest BCUT2D eigenvalue weighted by Crippen LogP contribution is 2.14. The zero-order valence-electron chi connectivity index (χ0n) is 13.9. The lowest BCUT2D eigenvalue weighted by Crippen LogP contribution is -2.50. The maximum Gasteiger partial charge on any atom is 0.237 e. The van der Waals surface area contributed by atoms with E-state index in [4.69, 9.17) is 5.73 Å². The first-order chi connectivity index (χ1) is 9.78. The molecule has 0 aromatic heterocycles. The summed E-state index contributed by atoms with van der Waals surface area (Å²) in [6.07, 6.45) is 0. The van der Waals surface area contributed by atoms with Crippen LogP contribution in [0.15, 0.2) is 24.3 Å². The summed E-state index contributed by atoms with van der Waals surface area (Å²) < 4.78 is 0. The Morgan fingerprint density at radius 1 is 1.29 bits per heavy atom. The first-order valence-corrected chi connectivity index (χ1v) is 7.61. The molecule has 1 unspecified atom stereocenters. The van der Waals surface area contributed by atoms with Crippen LogP contribution in [-0.2, 0) is 17.9 Å². The lowest BCUT2D eigenvalue weighted by molar-refractivity contribution is -0.127. The van der Waals surface area contributed by atoms with Crippen molar-refractivity contribution in [2.45, 2.75) is 59.3 Å². The Hall–Kier alpha value is -1.39.